The summed E-state index contributed by atoms with van der Waals surface area (Å²) in [7, 11) is -2.14. The fraction of sp³-hybridized carbons (Fsp3) is 0.0385. The number of nitrogens with zero attached hydrogens (tertiary/aromatic N) is 3. The molecule has 0 bridgehead atoms. The Morgan fingerprint density at radius 1 is 0.368 bits per heavy atom. The van der Waals surface area contributed by atoms with Crippen LogP contribution in [0.5, 0.6) is 0 Å². The lowest BCUT2D eigenvalue weighted by Crippen LogP contribution is -2.79. The summed E-state index contributed by atoms with van der Waals surface area (Å²) in [5.41, 5.74) is 15.0. The SMILES string of the molecule is C[Si]1(C)c2cccc3c2B2c4c(cc(N(c5ccccc5)c5ccccc5)cc4N(c4ccc5ccccc5c4)c4cccc1c42)N3c1ccc2ccccc2c1. The van der Waals surface area contributed by atoms with Gasteiger partial charge in [0.2, 0.25) is 0 Å². The van der Waals surface area contributed by atoms with Gasteiger partial charge in [0, 0.05) is 45.5 Å². The molecule has 0 saturated carbocycles. The van der Waals surface area contributed by atoms with Gasteiger partial charge in [-0.3, -0.25) is 0 Å². The molecule has 0 aliphatic carbocycles. The zero-order chi connectivity index (χ0) is 37.8. The van der Waals surface area contributed by atoms with Gasteiger partial charge in [-0.2, -0.15) is 0 Å². The summed E-state index contributed by atoms with van der Waals surface area (Å²) in [4.78, 5) is 7.59. The van der Waals surface area contributed by atoms with Crippen molar-refractivity contribution in [2.75, 3.05) is 14.7 Å². The lowest BCUT2D eigenvalue weighted by Gasteiger charge is -2.50. The number of hydrogen-bond donors (Lipinski definition) is 0. The number of para-hydroxylation sites is 2. The van der Waals surface area contributed by atoms with E-state index in [9.17, 15) is 0 Å². The molecule has 9 aromatic rings. The molecular formula is C52H38BN3Si. The van der Waals surface area contributed by atoms with Crippen molar-refractivity contribution >= 4 is 114 Å². The minimum absolute atomic E-state index is 0.109. The number of hydrogen-bond acceptors (Lipinski definition) is 3. The second-order valence-corrected chi connectivity index (χ2v) is 20.5. The summed E-state index contributed by atoms with van der Waals surface area (Å²) in [6.07, 6.45) is 0. The van der Waals surface area contributed by atoms with Crippen molar-refractivity contribution in [2.24, 2.45) is 0 Å². The van der Waals surface area contributed by atoms with Gasteiger partial charge >= 0.3 is 0 Å². The van der Waals surface area contributed by atoms with Crippen molar-refractivity contribution in [3.8, 4) is 0 Å². The van der Waals surface area contributed by atoms with Crippen molar-refractivity contribution < 1.29 is 0 Å². The number of fused-ring (bicyclic) bond motifs is 2. The van der Waals surface area contributed by atoms with E-state index in [1.807, 2.05) is 0 Å². The Morgan fingerprint density at radius 2 is 0.807 bits per heavy atom. The fourth-order valence-electron chi connectivity index (χ4n) is 10.2. The van der Waals surface area contributed by atoms with E-state index in [1.54, 1.807) is 0 Å². The van der Waals surface area contributed by atoms with Crippen LogP contribution in [0.25, 0.3) is 21.5 Å². The number of benzene rings is 9. The largest absolute Gasteiger partial charge is 0.311 e. The van der Waals surface area contributed by atoms with Gasteiger partial charge in [0.15, 0.2) is 0 Å². The molecule has 0 amide bonds. The lowest BCUT2D eigenvalue weighted by atomic mass is 9.33. The minimum atomic E-state index is -2.14. The van der Waals surface area contributed by atoms with Crippen LogP contribution < -0.4 is 41.5 Å². The van der Waals surface area contributed by atoms with Crippen LogP contribution in [0.4, 0.5) is 51.2 Å². The smallest absolute Gasteiger partial charge is 0.251 e. The van der Waals surface area contributed by atoms with Crippen LogP contribution in [-0.2, 0) is 0 Å². The van der Waals surface area contributed by atoms with E-state index in [0.717, 1.165) is 17.1 Å². The summed E-state index contributed by atoms with van der Waals surface area (Å²) in [5, 5.41) is 8.04. The predicted octanol–water partition coefficient (Wildman–Crippen LogP) is 10.7. The fourth-order valence-corrected chi connectivity index (χ4v) is 13.4. The van der Waals surface area contributed by atoms with E-state index in [1.165, 1.54) is 82.4 Å². The predicted molar refractivity (Wildman–Crippen MR) is 247 cm³/mol. The van der Waals surface area contributed by atoms with Crippen LogP contribution >= 0.6 is 0 Å². The lowest BCUT2D eigenvalue weighted by molar-refractivity contribution is 1.23. The van der Waals surface area contributed by atoms with Crippen LogP contribution in [0.3, 0.4) is 0 Å². The second kappa shape index (κ2) is 12.1. The van der Waals surface area contributed by atoms with E-state index in [0.29, 0.717) is 0 Å². The first-order valence-electron chi connectivity index (χ1n) is 20.0. The molecule has 0 aromatic heterocycles. The third-order valence-electron chi connectivity index (χ3n) is 12.7. The maximum Gasteiger partial charge on any atom is 0.251 e. The molecular weight excluding hydrogens is 705 g/mol. The van der Waals surface area contributed by atoms with Crippen molar-refractivity contribution in [1.29, 1.82) is 0 Å². The quantitative estimate of drug-likeness (QED) is 0.163. The summed E-state index contributed by atoms with van der Waals surface area (Å²) in [5.74, 6) is 0. The number of rotatable bonds is 5. The van der Waals surface area contributed by atoms with E-state index in [2.05, 4.69) is 222 Å². The van der Waals surface area contributed by atoms with Gasteiger partial charge in [-0.05, 0) is 111 Å². The van der Waals surface area contributed by atoms with E-state index in [4.69, 9.17) is 0 Å². The van der Waals surface area contributed by atoms with Gasteiger partial charge in [0.05, 0.1) is 5.69 Å². The van der Waals surface area contributed by atoms with E-state index in [-0.39, 0.29) is 6.71 Å². The molecule has 3 heterocycles. The van der Waals surface area contributed by atoms with Crippen molar-refractivity contribution in [1.82, 2.24) is 0 Å². The van der Waals surface area contributed by atoms with Crippen LogP contribution in [0.15, 0.2) is 194 Å². The van der Waals surface area contributed by atoms with Gasteiger partial charge < -0.3 is 14.7 Å². The molecule has 0 N–H and O–H groups in total. The standard InChI is InChI=1S/C52H38BN3Si/c1-57(2)48-25-13-23-44-51(48)53-50-46(55(44)41-29-27-35-15-9-11-17-37(35)31-41)33-43(54(39-19-5-3-6-20-39)40-21-7-4-8-22-40)34-47(50)56(45-24-14-26-49(57)52(45)53)42-30-28-36-16-10-12-18-38(36)32-42/h3-34H,1-2H3. The summed E-state index contributed by atoms with van der Waals surface area (Å²) in [6.45, 7) is 5.22. The molecule has 3 nitrogen and oxygen atoms in total. The normalized spacial score (nSPS) is 14.2. The Hall–Kier alpha value is -6.82. The highest BCUT2D eigenvalue weighted by molar-refractivity contribution is 7.16. The first kappa shape index (κ1) is 32.4. The zero-order valence-electron chi connectivity index (χ0n) is 31.9. The van der Waals surface area contributed by atoms with E-state index < -0.39 is 8.07 Å². The van der Waals surface area contributed by atoms with E-state index >= 15 is 0 Å². The van der Waals surface area contributed by atoms with Crippen LogP contribution in [0, 0.1) is 0 Å². The monoisotopic (exact) mass is 743 g/mol. The molecule has 0 spiro atoms. The highest BCUT2D eigenvalue weighted by atomic mass is 28.3. The second-order valence-electron chi connectivity index (χ2n) is 16.2. The summed E-state index contributed by atoms with van der Waals surface area (Å²) in [6, 6.07) is 72.3. The topological polar surface area (TPSA) is 9.72 Å². The van der Waals surface area contributed by atoms with Gasteiger partial charge in [-0.1, -0.05) is 145 Å². The zero-order valence-corrected chi connectivity index (χ0v) is 32.9. The molecule has 5 heteroatoms. The first-order valence-corrected chi connectivity index (χ1v) is 23.0. The van der Waals surface area contributed by atoms with Crippen LogP contribution in [0.1, 0.15) is 0 Å². The summed E-state index contributed by atoms with van der Waals surface area (Å²) >= 11 is 0. The molecule has 3 aliphatic rings. The Morgan fingerprint density at radius 3 is 1.28 bits per heavy atom. The Labute approximate surface area is 334 Å². The number of anilines is 9. The molecule has 0 radical (unpaired) electrons. The van der Waals surface area contributed by atoms with Crippen LogP contribution in [-0.4, -0.2) is 14.8 Å². The maximum atomic E-state index is 2.58. The highest BCUT2D eigenvalue weighted by Gasteiger charge is 2.51. The average Bonchev–Trinajstić information content (AvgIpc) is 3.26. The highest BCUT2D eigenvalue weighted by Crippen LogP contribution is 2.48. The maximum absolute atomic E-state index is 2.58. The molecule has 0 fully saturated rings. The van der Waals surface area contributed by atoms with Gasteiger partial charge in [-0.25, -0.2) is 0 Å². The third kappa shape index (κ3) is 4.67. The van der Waals surface area contributed by atoms with Gasteiger partial charge in [0.1, 0.15) is 8.07 Å². The van der Waals surface area contributed by atoms with Gasteiger partial charge in [0.25, 0.3) is 6.71 Å². The third-order valence-corrected chi connectivity index (χ3v) is 16.3. The van der Waals surface area contributed by atoms with Gasteiger partial charge in [-0.15, -0.1) is 0 Å². The Balaban J connectivity index is 1.23. The van der Waals surface area contributed by atoms with Crippen molar-refractivity contribution in [3.05, 3.63) is 194 Å². The molecule has 268 valence electrons. The average molecular weight is 744 g/mol. The molecule has 0 unspecified atom stereocenters. The van der Waals surface area contributed by atoms with Crippen LogP contribution in [0.2, 0.25) is 13.1 Å². The van der Waals surface area contributed by atoms with Crippen molar-refractivity contribution in [2.45, 2.75) is 13.1 Å². The molecule has 0 saturated heterocycles. The molecule has 9 aromatic carbocycles. The summed E-state index contributed by atoms with van der Waals surface area (Å²) < 4.78 is 0. The Kier molecular flexibility index (Phi) is 6.88. The molecule has 0 atom stereocenters. The molecule has 57 heavy (non-hydrogen) atoms. The minimum Gasteiger partial charge on any atom is -0.311 e. The Bertz CT molecular complexity index is 2890. The first-order chi connectivity index (χ1) is 28.0. The molecule has 3 aliphatic heterocycles. The van der Waals surface area contributed by atoms with Crippen molar-refractivity contribution in [3.63, 3.8) is 0 Å². The molecule has 12 rings (SSSR count).